The topological polar surface area (TPSA) is 166 Å². The van der Waals surface area contributed by atoms with Crippen molar-refractivity contribution in [2.24, 2.45) is 11.7 Å². The van der Waals surface area contributed by atoms with E-state index in [1.54, 1.807) is 13.1 Å². The van der Waals surface area contributed by atoms with Gasteiger partial charge in [-0.05, 0) is 30.9 Å². The number of fused-ring (bicyclic) bond motifs is 1. The van der Waals surface area contributed by atoms with E-state index < -0.39 is 48.4 Å². The number of carboxylic acids is 1. The van der Waals surface area contributed by atoms with Crippen LogP contribution in [0.25, 0.3) is 10.9 Å². The van der Waals surface area contributed by atoms with Crippen LogP contribution in [0.2, 0.25) is 0 Å². The summed E-state index contributed by atoms with van der Waals surface area (Å²) in [6.45, 7) is 4.57. The maximum absolute atomic E-state index is 12.6. The fraction of sp³-hybridized carbons (Fsp3) is 0.455. The summed E-state index contributed by atoms with van der Waals surface area (Å²) >= 11 is 0. The molecule has 10 heteroatoms. The lowest BCUT2D eigenvalue weighted by Gasteiger charge is -2.25. The molecule has 2 rings (SSSR count). The highest BCUT2D eigenvalue weighted by molar-refractivity contribution is 5.94. The van der Waals surface area contributed by atoms with Crippen molar-refractivity contribution < 1.29 is 24.3 Å². The number of aliphatic carboxylic acids is 1. The van der Waals surface area contributed by atoms with Crippen LogP contribution >= 0.6 is 0 Å². The minimum absolute atomic E-state index is 0.236. The lowest BCUT2D eigenvalue weighted by Crippen LogP contribution is -2.56. The molecule has 174 valence electrons. The number of hydrogen-bond acceptors (Lipinski definition) is 5. The summed E-state index contributed by atoms with van der Waals surface area (Å²) in [5.74, 6) is -3.07. The number of carbonyl (C=O) groups excluding carboxylic acids is 3. The van der Waals surface area contributed by atoms with Crippen LogP contribution in [0, 0.1) is 5.92 Å². The van der Waals surface area contributed by atoms with Crippen LogP contribution in [-0.2, 0) is 25.6 Å². The molecule has 0 bridgehead atoms. The highest BCUT2D eigenvalue weighted by atomic mass is 16.4. The Morgan fingerprint density at radius 3 is 2.41 bits per heavy atom. The molecule has 3 amide bonds. The monoisotopic (exact) mass is 445 g/mol. The molecule has 1 aromatic carbocycles. The molecule has 4 unspecified atom stereocenters. The van der Waals surface area contributed by atoms with Crippen molar-refractivity contribution in [2.45, 2.75) is 51.7 Å². The van der Waals surface area contributed by atoms with E-state index >= 15 is 0 Å². The second-order valence-corrected chi connectivity index (χ2v) is 7.88. The van der Waals surface area contributed by atoms with Gasteiger partial charge in [0.15, 0.2) is 0 Å². The normalized spacial score (nSPS) is 14.8. The average molecular weight is 446 g/mol. The van der Waals surface area contributed by atoms with Crippen molar-refractivity contribution in [1.82, 2.24) is 20.9 Å². The predicted molar refractivity (Wildman–Crippen MR) is 120 cm³/mol. The summed E-state index contributed by atoms with van der Waals surface area (Å²) in [4.78, 5) is 51.3. The summed E-state index contributed by atoms with van der Waals surface area (Å²) in [6.07, 6.45) is 2.68. The SMILES string of the molecule is CCC(C)C(NC(=O)C(C)NC(=O)C(N)Cc1c[nH]c2ccccc12)C(=O)NCC(=O)O. The van der Waals surface area contributed by atoms with Gasteiger partial charge in [-0.15, -0.1) is 0 Å². The van der Waals surface area contributed by atoms with E-state index in [2.05, 4.69) is 20.9 Å². The molecule has 0 aliphatic carbocycles. The third-order valence-corrected chi connectivity index (χ3v) is 5.41. The number of aromatic nitrogens is 1. The Balaban J connectivity index is 1.95. The number of nitrogens with two attached hydrogens (primary N) is 1. The second-order valence-electron chi connectivity index (χ2n) is 7.88. The van der Waals surface area contributed by atoms with Gasteiger partial charge in [-0.3, -0.25) is 19.2 Å². The summed E-state index contributed by atoms with van der Waals surface area (Å²) in [5.41, 5.74) is 7.90. The van der Waals surface area contributed by atoms with Crippen LogP contribution in [0.1, 0.15) is 32.8 Å². The van der Waals surface area contributed by atoms with Crippen LogP contribution in [-0.4, -0.2) is 58.5 Å². The number of H-pyrrole nitrogens is 1. The minimum atomic E-state index is -1.18. The number of amides is 3. The number of nitrogens with one attached hydrogen (secondary N) is 4. The van der Waals surface area contributed by atoms with E-state index in [4.69, 9.17) is 10.8 Å². The summed E-state index contributed by atoms with van der Waals surface area (Å²) in [5, 5.41) is 17.2. The lowest BCUT2D eigenvalue weighted by atomic mass is 9.98. The van der Waals surface area contributed by atoms with Crippen LogP contribution < -0.4 is 21.7 Å². The van der Waals surface area contributed by atoms with Gasteiger partial charge >= 0.3 is 5.97 Å². The Kier molecular flexibility index (Phi) is 8.77. The third kappa shape index (κ3) is 6.55. The average Bonchev–Trinajstić information content (AvgIpc) is 3.17. The molecule has 0 saturated heterocycles. The number of carboxylic acid groups (broad SMARTS) is 1. The first-order valence-electron chi connectivity index (χ1n) is 10.5. The van der Waals surface area contributed by atoms with E-state index in [1.165, 1.54) is 6.92 Å². The Morgan fingerprint density at radius 2 is 1.75 bits per heavy atom. The zero-order chi connectivity index (χ0) is 23.8. The van der Waals surface area contributed by atoms with Crippen LogP contribution in [0.15, 0.2) is 30.5 Å². The van der Waals surface area contributed by atoms with Gasteiger partial charge in [-0.25, -0.2) is 0 Å². The molecule has 10 nitrogen and oxygen atoms in total. The lowest BCUT2D eigenvalue weighted by molar-refractivity contribution is -0.139. The molecule has 32 heavy (non-hydrogen) atoms. The summed E-state index contributed by atoms with van der Waals surface area (Å²) < 4.78 is 0. The number of rotatable bonds is 11. The Morgan fingerprint density at radius 1 is 1.06 bits per heavy atom. The maximum atomic E-state index is 12.6. The zero-order valence-corrected chi connectivity index (χ0v) is 18.5. The van der Waals surface area contributed by atoms with Gasteiger partial charge in [-0.1, -0.05) is 38.5 Å². The molecular formula is C22H31N5O5. The first-order valence-corrected chi connectivity index (χ1v) is 10.5. The Labute approximate surface area is 186 Å². The molecule has 1 aromatic heterocycles. The van der Waals surface area contributed by atoms with Gasteiger partial charge in [-0.2, -0.15) is 0 Å². The van der Waals surface area contributed by atoms with Crippen molar-refractivity contribution in [3.63, 3.8) is 0 Å². The number of benzene rings is 1. The first kappa shape index (κ1) is 24.9. The van der Waals surface area contributed by atoms with Gasteiger partial charge in [0.2, 0.25) is 17.7 Å². The molecule has 0 spiro atoms. The van der Waals surface area contributed by atoms with Crippen LogP contribution in [0.4, 0.5) is 0 Å². The number of carbonyl (C=O) groups is 4. The highest BCUT2D eigenvalue weighted by Gasteiger charge is 2.29. The molecule has 1 heterocycles. The van der Waals surface area contributed by atoms with Crippen LogP contribution in [0.5, 0.6) is 0 Å². The van der Waals surface area contributed by atoms with Gasteiger partial charge in [0.05, 0.1) is 6.04 Å². The summed E-state index contributed by atoms with van der Waals surface area (Å²) in [6, 6.07) is 4.95. The molecule has 0 radical (unpaired) electrons. The number of hydrogen-bond donors (Lipinski definition) is 6. The van der Waals surface area contributed by atoms with Crippen molar-refractivity contribution >= 4 is 34.6 Å². The van der Waals surface area contributed by atoms with E-state index in [-0.39, 0.29) is 12.3 Å². The first-order chi connectivity index (χ1) is 15.1. The van der Waals surface area contributed by atoms with Crippen LogP contribution in [0.3, 0.4) is 0 Å². The van der Waals surface area contributed by atoms with Crippen molar-refractivity contribution in [2.75, 3.05) is 6.54 Å². The molecule has 0 aliphatic rings. The van der Waals surface area contributed by atoms with Gasteiger partial charge in [0.25, 0.3) is 0 Å². The third-order valence-electron chi connectivity index (χ3n) is 5.41. The van der Waals surface area contributed by atoms with Crippen molar-refractivity contribution in [3.05, 3.63) is 36.0 Å². The molecule has 0 fully saturated rings. The summed E-state index contributed by atoms with van der Waals surface area (Å²) in [7, 11) is 0. The molecule has 0 aliphatic heterocycles. The molecule has 0 saturated carbocycles. The smallest absolute Gasteiger partial charge is 0.322 e. The quantitative estimate of drug-likeness (QED) is 0.290. The predicted octanol–water partition coefficient (Wildman–Crippen LogP) is 0.274. The van der Waals surface area contributed by atoms with Gasteiger partial charge in [0.1, 0.15) is 18.6 Å². The number of para-hydroxylation sites is 1. The van der Waals surface area contributed by atoms with Crippen molar-refractivity contribution in [3.8, 4) is 0 Å². The maximum Gasteiger partial charge on any atom is 0.322 e. The van der Waals surface area contributed by atoms with E-state index in [1.807, 2.05) is 31.2 Å². The standard InChI is InChI=1S/C22H31N5O5/c1-4-12(2)19(22(32)25-11-18(28)29)27-20(30)13(3)26-21(31)16(23)9-14-10-24-17-8-6-5-7-15(14)17/h5-8,10,12-13,16,19,24H,4,9,11,23H2,1-3H3,(H,25,32)(H,26,31)(H,27,30)(H,28,29). The van der Waals surface area contributed by atoms with Gasteiger partial charge in [0, 0.05) is 17.1 Å². The fourth-order valence-corrected chi connectivity index (χ4v) is 3.27. The largest absolute Gasteiger partial charge is 0.480 e. The second kappa shape index (κ2) is 11.3. The van der Waals surface area contributed by atoms with E-state index in [0.29, 0.717) is 6.42 Å². The highest BCUT2D eigenvalue weighted by Crippen LogP contribution is 2.18. The fourth-order valence-electron chi connectivity index (χ4n) is 3.27. The zero-order valence-electron chi connectivity index (χ0n) is 18.5. The molecular weight excluding hydrogens is 414 g/mol. The Bertz CT molecular complexity index is 973. The van der Waals surface area contributed by atoms with Gasteiger partial charge < -0.3 is 31.8 Å². The van der Waals surface area contributed by atoms with E-state index in [9.17, 15) is 19.2 Å². The minimum Gasteiger partial charge on any atom is -0.480 e. The molecule has 4 atom stereocenters. The van der Waals surface area contributed by atoms with E-state index in [0.717, 1.165) is 16.5 Å². The number of aromatic amines is 1. The Hall–Kier alpha value is -3.40. The molecule has 2 aromatic rings. The molecule has 7 N–H and O–H groups in total. The van der Waals surface area contributed by atoms with Crippen molar-refractivity contribution in [1.29, 1.82) is 0 Å².